The zero-order valence-electron chi connectivity index (χ0n) is 14.7. The Balaban J connectivity index is 1.73. The second-order valence-corrected chi connectivity index (χ2v) is 6.98. The van der Waals surface area contributed by atoms with Crippen molar-refractivity contribution < 1.29 is 4.74 Å². The number of rotatable bonds is 8. The van der Waals surface area contributed by atoms with Crippen molar-refractivity contribution >= 4 is 0 Å². The van der Waals surface area contributed by atoms with Crippen LogP contribution in [0.5, 0.6) is 0 Å². The van der Waals surface area contributed by atoms with Gasteiger partial charge >= 0.3 is 0 Å². The molecule has 0 amide bonds. The molecule has 1 nitrogen and oxygen atoms in total. The summed E-state index contributed by atoms with van der Waals surface area (Å²) in [5, 5.41) is 0. The van der Waals surface area contributed by atoms with E-state index in [4.69, 9.17) is 4.74 Å². The largest absolute Gasteiger partial charge is 0.370 e. The van der Waals surface area contributed by atoms with Crippen LogP contribution in [0.1, 0.15) is 51.5 Å². The molecule has 0 aromatic heterocycles. The Labute approximate surface area is 141 Å². The van der Waals surface area contributed by atoms with Crippen molar-refractivity contribution in [2.75, 3.05) is 0 Å². The fraction of sp³-hybridized carbons (Fsp3) is 0.500. The molecular weight excluding hydrogens is 280 g/mol. The van der Waals surface area contributed by atoms with Crippen molar-refractivity contribution in [2.45, 2.75) is 64.6 Å². The third kappa shape index (κ3) is 5.86. The predicted octanol–water partition coefficient (Wildman–Crippen LogP) is 5.87. The minimum atomic E-state index is 0.256. The van der Waals surface area contributed by atoms with Gasteiger partial charge in [-0.3, -0.25) is 0 Å². The Bertz CT molecular complexity index is 551. The fourth-order valence-electron chi connectivity index (χ4n) is 3.35. The summed E-state index contributed by atoms with van der Waals surface area (Å²) in [6, 6.07) is 10.7. The van der Waals surface area contributed by atoms with Crippen molar-refractivity contribution in [3.8, 4) is 0 Å². The minimum absolute atomic E-state index is 0.256. The lowest BCUT2D eigenvalue weighted by Crippen LogP contribution is -2.13. The first-order valence-electron chi connectivity index (χ1n) is 8.81. The van der Waals surface area contributed by atoms with Crippen LogP contribution >= 0.6 is 0 Å². The number of ether oxygens (including phenoxy) is 1. The molecule has 0 radical (unpaired) electrons. The zero-order chi connectivity index (χ0) is 16.7. The molecule has 23 heavy (non-hydrogen) atoms. The third-order valence-corrected chi connectivity index (χ3v) is 4.78. The highest BCUT2D eigenvalue weighted by Gasteiger charge is 2.28. The number of aryl methyl sites for hydroxylation is 1. The van der Waals surface area contributed by atoms with Gasteiger partial charge in [-0.05, 0) is 68.1 Å². The average molecular weight is 310 g/mol. The van der Waals surface area contributed by atoms with Gasteiger partial charge in [-0.2, -0.15) is 0 Å². The van der Waals surface area contributed by atoms with Gasteiger partial charge in [0.15, 0.2) is 0 Å². The molecular formula is C22H30O. The summed E-state index contributed by atoms with van der Waals surface area (Å²) in [4.78, 5) is 0. The van der Waals surface area contributed by atoms with Crippen LogP contribution in [0, 0.1) is 5.92 Å². The van der Waals surface area contributed by atoms with E-state index in [-0.39, 0.29) is 6.10 Å². The van der Waals surface area contributed by atoms with Crippen LogP contribution in [0.3, 0.4) is 0 Å². The Hall–Kier alpha value is -1.56. The predicted molar refractivity (Wildman–Crippen MR) is 98.5 cm³/mol. The maximum atomic E-state index is 6.24. The molecule has 0 spiro atoms. The second-order valence-electron chi connectivity index (χ2n) is 6.98. The first-order chi connectivity index (χ1) is 11.1. The standard InChI is InChI=1S/C22H30O/c1-5-17(2)15-18(3)11-14-22-19(4)16-21(23-22)13-12-20-9-7-6-8-10-20/h6-10,18,21-22H,1,4,11-16H2,2-3H3/t18-,21-,22-/m0/s1. The van der Waals surface area contributed by atoms with Gasteiger partial charge in [-0.25, -0.2) is 0 Å². The monoisotopic (exact) mass is 310 g/mol. The summed E-state index contributed by atoms with van der Waals surface area (Å²) in [6.07, 6.45) is 7.15. The number of benzene rings is 1. The van der Waals surface area contributed by atoms with E-state index in [0.717, 1.165) is 32.1 Å². The number of hydrogen-bond acceptors (Lipinski definition) is 1. The SMILES string of the molecule is C=C=C(C)C[C@@H](C)CC[C@@H]1O[C@@H](CCc2ccccc2)CC1=C. The molecule has 1 aliphatic heterocycles. The molecule has 0 saturated carbocycles. The molecule has 1 heterocycles. The normalized spacial score (nSPS) is 21.9. The maximum absolute atomic E-state index is 6.24. The smallest absolute Gasteiger partial charge is 0.0787 e. The Morgan fingerprint density at radius 3 is 2.74 bits per heavy atom. The fourth-order valence-corrected chi connectivity index (χ4v) is 3.35. The van der Waals surface area contributed by atoms with Gasteiger partial charge in [0.1, 0.15) is 0 Å². The molecule has 0 unspecified atom stereocenters. The van der Waals surface area contributed by atoms with Crippen molar-refractivity contribution in [2.24, 2.45) is 5.92 Å². The molecule has 124 valence electrons. The van der Waals surface area contributed by atoms with Crippen LogP contribution in [0.4, 0.5) is 0 Å². The molecule has 0 aliphatic carbocycles. The van der Waals surface area contributed by atoms with Gasteiger partial charge < -0.3 is 4.74 Å². The maximum Gasteiger partial charge on any atom is 0.0787 e. The van der Waals surface area contributed by atoms with Crippen LogP contribution in [-0.4, -0.2) is 12.2 Å². The summed E-state index contributed by atoms with van der Waals surface area (Å²) < 4.78 is 6.24. The lowest BCUT2D eigenvalue weighted by molar-refractivity contribution is 0.0406. The summed E-state index contributed by atoms with van der Waals surface area (Å²) in [7, 11) is 0. The van der Waals surface area contributed by atoms with Crippen LogP contribution in [-0.2, 0) is 11.2 Å². The van der Waals surface area contributed by atoms with E-state index in [1.54, 1.807) is 0 Å². The zero-order valence-corrected chi connectivity index (χ0v) is 14.7. The summed E-state index contributed by atoms with van der Waals surface area (Å²) in [5.41, 5.74) is 6.92. The van der Waals surface area contributed by atoms with Gasteiger partial charge in [0.2, 0.25) is 0 Å². The van der Waals surface area contributed by atoms with Crippen LogP contribution in [0.2, 0.25) is 0 Å². The van der Waals surface area contributed by atoms with Gasteiger partial charge in [0.25, 0.3) is 0 Å². The molecule has 0 bridgehead atoms. The van der Waals surface area contributed by atoms with E-state index in [0.29, 0.717) is 12.0 Å². The van der Waals surface area contributed by atoms with Gasteiger partial charge in [0.05, 0.1) is 12.2 Å². The average Bonchev–Trinajstić information content (AvgIpc) is 2.92. The van der Waals surface area contributed by atoms with Crippen LogP contribution < -0.4 is 0 Å². The van der Waals surface area contributed by atoms with Crippen molar-refractivity contribution in [1.82, 2.24) is 0 Å². The Morgan fingerprint density at radius 1 is 1.30 bits per heavy atom. The lowest BCUT2D eigenvalue weighted by atomic mass is 9.94. The van der Waals surface area contributed by atoms with Crippen molar-refractivity contribution in [1.29, 1.82) is 0 Å². The van der Waals surface area contributed by atoms with Crippen molar-refractivity contribution in [3.63, 3.8) is 0 Å². The molecule has 1 heteroatoms. The quantitative estimate of drug-likeness (QED) is 0.431. The summed E-state index contributed by atoms with van der Waals surface area (Å²) in [5.74, 6) is 0.656. The lowest BCUT2D eigenvalue weighted by Gasteiger charge is -2.16. The first-order valence-corrected chi connectivity index (χ1v) is 8.81. The molecule has 0 N–H and O–H groups in total. The molecule has 1 saturated heterocycles. The highest BCUT2D eigenvalue weighted by Crippen LogP contribution is 2.31. The summed E-state index contributed by atoms with van der Waals surface area (Å²) in [6.45, 7) is 12.4. The summed E-state index contributed by atoms with van der Waals surface area (Å²) >= 11 is 0. The van der Waals surface area contributed by atoms with E-state index in [1.165, 1.54) is 23.1 Å². The molecule has 1 aromatic carbocycles. The Kier molecular flexibility index (Phi) is 6.89. The number of allylic oxidation sites excluding steroid dienone is 1. The highest BCUT2D eigenvalue weighted by molar-refractivity contribution is 5.16. The first kappa shape index (κ1) is 17.8. The van der Waals surface area contributed by atoms with Gasteiger partial charge in [-0.1, -0.05) is 50.4 Å². The third-order valence-electron chi connectivity index (χ3n) is 4.78. The van der Waals surface area contributed by atoms with E-state index in [2.05, 4.69) is 63.1 Å². The van der Waals surface area contributed by atoms with Gasteiger partial charge in [-0.15, -0.1) is 5.73 Å². The topological polar surface area (TPSA) is 9.23 Å². The molecule has 3 atom stereocenters. The van der Waals surface area contributed by atoms with E-state index < -0.39 is 0 Å². The van der Waals surface area contributed by atoms with Crippen molar-refractivity contribution in [3.05, 3.63) is 65.9 Å². The van der Waals surface area contributed by atoms with Crippen LogP contribution in [0.15, 0.2) is 60.4 Å². The molecule has 2 rings (SSSR count). The highest BCUT2D eigenvalue weighted by atomic mass is 16.5. The van der Waals surface area contributed by atoms with Gasteiger partial charge in [0, 0.05) is 0 Å². The van der Waals surface area contributed by atoms with Crippen LogP contribution in [0.25, 0.3) is 0 Å². The molecule has 1 fully saturated rings. The number of hydrogen-bond donors (Lipinski definition) is 0. The Morgan fingerprint density at radius 2 is 2.04 bits per heavy atom. The van der Waals surface area contributed by atoms with E-state index in [9.17, 15) is 0 Å². The molecule has 1 aliphatic rings. The second kappa shape index (κ2) is 8.91. The molecule has 1 aromatic rings. The van der Waals surface area contributed by atoms with E-state index in [1.807, 2.05) is 0 Å². The minimum Gasteiger partial charge on any atom is -0.370 e. The van der Waals surface area contributed by atoms with E-state index >= 15 is 0 Å².